The van der Waals surface area contributed by atoms with Crippen LogP contribution in [0.4, 0.5) is 13.2 Å². The second-order valence-electron chi connectivity index (χ2n) is 8.42. The van der Waals surface area contributed by atoms with Gasteiger partial charge in [0, 0.05) is 23.0 Å². The third-order valence-corrected chi connectivity index (χ3v) is 5.52. The largest absolute Gasteiger partial charge is 0.456 e. The van der Waals surface area contributed by atoms with Gasteiger partial charge in [-0.25, -0.2) is 4.79 Å². The number of rotatable bonds is 3. The molecule has 1 unspecified atom stereocenters. The molecule has 5 nitrogen and oxygen atoms in total. The van der Waals surface area contributed by atoms with Crippen LogP contribution in [0.3, 0.4) is 0 Å². The number of aromatic nitrogens is 2. The summed E-state index contributed by atoms with van der Waals surface area (Å²) in [5.74, 6) is -0.704. The monoisotopic (exact) mass is 488 g/mol. The summed E-state index contributed by atoms with van der Waals surface area (Å²) in [6.07, 6.45) is -6.03. The number of hydrogen-bond donors (Lipinski definition) is 1. The standard InChI is InChI=1S/C22H21Cl2F3N2O3/c1-10-8-11(22(25,26)27)9-14-15(10)18(28-29(14)5)19(30)16-13(23)7-6-12(17(16)24)20(31)32-21(2,3)4/h6-9,19,30H,1-5H3. The number of fused-ring (bicyclic) bond motifs is 1. The summed E-state index contributed by atoms with van der Waals surface area (Å²) >= 11 is 12.7. The molecule has 0 bridgehead atoms. The van der Waals surface area contributed by atoms with Crippen LogP contribution in [0.1, 0.15) is 59.6 Å². The van der Waals surface area contributed by atoms with E-state index < -0.39 is 29.4 Å². The van der Waals surface area contributed by atoms with Crippen molar-refractivity contribution in [3.8, 4) is 0 Å². The molecule has 1 N–H and O–H groups in total. The number of carbonyl (C=O) groups excluding carboxylic acids is 1. The number of esters is 1. The minimum atomic E-state index is -4.53. The first-order chi connectivity index (χ1) is 14.6. The van der Waals surface area contributed by atoms with Gasteiger partial charge in [0.1, 0.15) is 17.4 Å². The lowest BCUT2D eigenvalue weighted by molar-refractivity contribution is -0.137. The molecular weight excluding hydrogens is 468 g/mol. The number of hydrogen-bond acceptors (Lipinski definition) is 4. The topological polar surface area (TPSA) is 64.3 Å². The van der Waals surface area contributed by atoms with E-state index in [9.17, 15) is 23.1 Å². The highest BCUT2D eigenvalue weighted by molar-refractivity contribution is 6.38. The van der Waals surface area contributed by atoms with Crippen molar-refractivity contribution in [2.24, 2.45) is 7.05 Å². The molecule has 0 spiro atoms. The Kier molecular flexibility index (Phi) is 6.27. The van der Waals surface area contributed by atoms with Crippen molar-refractivity contribution >= 4 is 40.1 Å². The third kappa shape index (κ3) is 4.58. The van der Waals surface area contributed by atoms with E-state index in [1.807, 2.05) is 0 Å². The quantitative estimate of drug-likeness (QED) is 0.442. The highest BCUT2D eigenvalue weighted by Gasteiger charge is 2.33. The van der Waals surface area contributed by atoms with Crippen molar-refractivity contribution in [3.05, 3.63) is 62.3 Å². The molecule has 3 rings (SSSR count). The highest BCUT2D eigenvalue weighted by Crippen LogP contribution is 2.40. The van der Waals surface area contributed by atoms with Crippen LogP contribution in [-0.4, -0.2) is 26.5 Å². The molecule has 10 heteroatoms. The number of benzene rings is 2. The molecule has 0 aliphatic carbocycles. The van der Waals surface area contributed by atoms with Crippen LogP contribution in [0.5, 0.6) is 0 Å². The first-order valence-corrected chi connectivity index (χ1v) is 10.3. The molecule has 172 valence electrons. The molecule has 1 aromatic heterocycles. The maximum atomic E-state index is 13.2. The average Bonchev–Trinajstić information content (AvgIpc) is 2.97. The third-order valence-electron chi connectivity index (χ3n) is 4.78. The van der Waals surface area contributed by atoms with Crippen molar-refractivity contribution in [2.45, 2.75) is 45.6 Å². The lowest BCUT2D eigenvalue weighted by Crippen LogP contribution is -2.24. The number of halogens is 5. The Morgan fingerprint density at radius 2 is 1.81 bits per heavy atom. The van der Waals surface area contributed by atoms with Gasteiger partial charge in [-0.1, -0.05) is 23.2 Å². The number of aliphatic hydroxyl groups is 1. The molecular formula is C22H21Cl2F3N2O3. The average molecular weight is 489 g/mol. The van der Waals surface area contributed by atoms with E-state index in [0.717, 1.165) is 12.1 Å². The molecule has 1 atom stereocenters. The van der Waals surface area contributed by atoms with Crippen molar-refractivity contribution in [3.63, 3.8) is 0 Å². The van der Waals surface area contributed by atoms with Crippen LogP contribution in [0.2, 0.25) is 10.0 Å². The van der Waals surface area contributed by atoms with Gasteiger partial charge in [0.2, 0.25) is 0 Å². The van der Waals surface area contributed by atoms with Crippen LogP contribution in [-0.2, 0) is 18.0 Å². The van der Waals surface area contributed by atoms with Crippen LogP contribution < -0.4 is 0 Å². The first kappa shape index (κ1) is 24.4. The normalized spacial score (nSPS) is 13.5. The Hall–Kier alpha value is -2.29. The van der Waals surface area contributed by atoms with Crippen LogP contribution in [0.25, 0.3) is 10.9 Å². The number of aliphatic hydroxyl groups excluding tert-OH is 1. The molecule has 0 fully saturated rings. The molecule has 3 aromatic rings. The Labute approximate surface area is 192 Å². The van der Waals surface area contributed by atoms with Gasteiger partial charge in [0.15, 0.2) is 0 Å². The molecule has 0 amide bonds. The zero-order valence-electron chi connectivity index (χ0n) is 17.9. The molecule has 32 heavy (non-hydrogen) atoms. The Morgan fingerprint density at radius 3 is 2.38 bits per heavy atom. The van der Waals surface area contributed by atoms with Gasteiger partial charge in [0.05, 0.1) is 21.7 Å². The zero-order valence-corrected chi connectivity index (χ0v) is 19.4. The lowest BCUT2D eigenvalue weighted by atomic mass is 9.98. The Bertz CT molecular complexity index is 1210. The van der Waals surface area contributed by atoms with Crippen LogP contribution >= 0.6 is 23.2 Å². The van der Waals surface area contributed by atoms with Crippen molar-refractivity contribution in [1.29, 1.82) is 0 Å². The van der Waals surface area contributed by atoms with Crippen LogP contribution in [0, 0.1) is 6.92 Å². The summed E-state index contributed by atoms with van der Waals surface area (Å²) in [4.78, 5) is 12.5. The molecule has 0 saturated heterocycles. The van der Waals surface area contributed by atoms with E-state index in [2.05, 4.69) is 5.10 Å². The smallest absolute Gasteiger partial charge is 0.416 e. The van der Waals surface area contributed by atoms with Gasteiger partial charge in [-0.3, -0.25) is 4.68 Å². The van der Waals surface area contributed by atoms with E-state index in [-0.39, 0.29) is 37.9 Å². The summed E-state index contributed by atoms with van der Waals surface area (Å²) in [7, 11) is 1.47. The number of ether oxygens (including phenoxy) is 1. The second kappa shape index (κ2) is 8.24. The van der Waals surface area contributed by atoms with E-state index in [0.29, 0.717) is 5.39 Å². The number of carbonyl (C=O) groups is 1. The minimum absolute atomic E-state index is 0.00337. The molecule has 0 radical (unpaired) electrons. The fraction of sp³-hybridized carbons (Fsp3) is 0.364. The SMILES string of the molecule is Cc1cc(C(F)(F)F)cc2c1c(C(O)c1c(Cl)ccc(C(=O)OC(C)(C)C)c1Cl)nn2C. The van der Waals surface area contributed by atoms with Crippen molar-refractivity contribution in [1.82, 2.24) is 9.78 Å². The van der Waals surface area contributed by atoms with E-state index >= 15 is 0 Å². The molecule has 0 aliphatic heterocycles. The lowest BCUT2D eigenvalue weighted by Gasteiger charge is -2.21. The maximum absolute atomic E-state index is 13.2. The highest BCUT2D eigenvalue weighted by atomic mass is 35.5. The summed E-state index contributed by atoms with van der Waals surface area (Å²) in [6, 6.07) is 4.73. The first-order valence-electron chi connectivity index (χ1n) is 9.55. The van der Waals surface area contributed by atoms with Crippen molar-refractivity contribution < 1.29 is 27.8 Å². The van der Waals surface area contributed by atoms with Gasteiger partial charge in [-0.05, 0) is 57.5 Å². The number of alkyl halides is 3. The van der Waals surface area contributed by atoms with Crippen LogP contribution in [0.15, 0.2) is 24.3 Å². The van der Waals surface area contributed by atoms with E-state index in [1.165, 1.54) is 30.8 Å². The molecule has 0 saturated carbocycles. The molecule has 0 aliphatic rings. The summed E-state index contributed by atoms with van der Waals surface area (Å²) in [5.41, 5.74) is -1.07. The zero-order chi connectivity index (χ0) is 24.2. The fourth-order valence-electron chi connectivity index (χ4n) is 3.42. The second-order valence-corrected chi connectivity index (χ2v) is 9.21. The number of aryl methyl sites for hydroxylation is 2. The van der Waals surface area contributed by atoms with Crippen molar-refractivity contribution in [2.75, 3.05) is 0 Å². The van der Waals surface area contributed by atoms with Gasteiger partial charge >= 0.3 is 12.1 Å². The fourth-order valence-corrected chi connectivity index (χ4v) is 4.08. The van der Waals surface area contributed by atoms with Gasteiger partial charge in [-0.15, -0.1) is 0 Å². The summed E-state index contributed by atoms with van der Waals surface area (Å²) in [6.45, 7) is 6.59. The predicted octanol–water partition coefficient (Wildman–Crippen LogP) is 6.24. The summed E-state index contributed by atoms with van der Waals surface area (Å²) < 4.78 is 46.3. The molecule has 2 aromatic carbocycles. The Morgan fingerprint density at radius 1 is 1.19 bits per heavy atom. The maximum Gasteiger partial charge on any atom is 0.416 e. The van der Waals surface area contributed by atoms with Gasteiger partial charge in [0.25, 0.3) is 0 Å². The van der Waals surface area contributed by atoms with Gasteiger partial charge < -0.3 is 9.84 Å². The predicted molar refractivity (Wildman–Crippen MR) is 116 cm³/mol. The van der Waals surface area contributed by atoms with E-state index in [4.69, 9.17) is 27.9 Å². The Balaban J connectivity index is 2.17. The van der Waals surface area contributed by atoms with E-state index in [1.54, 1.807) is 20.8 Å². The molecule has 1 heterocycles. The number of nitrogens with zero attached hydrogens (tertiary/aromatic N) is 2. The van der Waals surface area contributed by atoms with Gasteiger partial charge in [-0.2, -0.15) is 18.3 Å². The summed E-state index contributed by atoms with van der Waals surface area (Å²) in [5, 5.41) is 15.7. The minimum Gasteiger partial charge on any atom is -0.456 e.